The molecule has 6 heteroatoms. The van der Waals surface area contributed by atoms with Gasteiger partial charge in [-0.25, -0.2) is 4.79 Å². The Kier molecular flexibility index (Phi) is 5.60. The van der Waals surface area contributed by atoms with Crippen LogP contribution in [-0.4, -0.2) is 36.2 Å². The number of carbonyl (C=O) groups excluding carboxylic acids is 1. The Morgan fingerprint density at radius 3 is 3.08 bits per heavy atom. The predicted molar refractivity (Wildman–Crippen MR) is 93.3 cm³/mol. The minimum absolute atomic E-state index is 0.0219. The van der Waals surface area contributed by atoms with Gasteiger partial charge in [-0.2, -0.15) is 0 Å². The molecule has 2 amide bonds. The second kappa shape index (κ2) is 8.07. The number of rotatable bonds is 6. The zero-order valence-electron chi connectivity index (χ0n) is 14.4. The van der Waals surface area contributed by atoms with Crippen LogP contribution in [0.4, 0.5) is 4.79 Å². The summed E-state index contributed by atoms with van der Waals surface area (Å²) in [6, 6.07) is 10.8. The van der Waals surface area contributed by atoms with Crippen molar-refractivity contribution < 1.29 is 19.1 Å². The zero-order chi connectivity index (χ0) is 17.6. The molecular weight excluding hydrogens is 320 g/mol. The Morgan fingerprint density at radius 2 is 2.28 bits per heavy atom. The van der Waals surface area contributed by atoms with E-state index in [1.54, 1.807) is 25.3 Å². The minimum Gasteiger partial charge on any atom is -0.508 e. The molecule has 1 atom stereocenters. The number of phenols is 1. The molecule has 0 radical (unpaired) electrons. The van der Waals surface area contributed by atoms with Crippen LogP contribution in [0, 0.1) is 0 Å². The summed E-state index contributed by atoms with van der Waals surface area (Å²) in [5, 5.41) is 12.4. The van der Waals surface area contributed by atoms with Gasteiger partial charge in [0.2, 0.25) is 0 Å². The summed E-state index contributed by atoms with van der Waals surface area (Å²) >= 11 is 0. The van der Waals surface area contributed by atoms with Crippen molar-refractivity contribution in [1.29, 1.82) is 0 Å². The van der Waals surface area contributed by atoms with Gasteiger partial charge >= 0.3 is 6.03 Å². The van der Waals surface area contributed by atoms with Crippen molar-refractivity contribution in [3.63, 3.8) is 0 Å². The van der Waals surface area contributed by atoms with E-state index >= 15 is 0 Å². The largest absolute Gasteiger partial charge is 0.508 e. The summed E-state index contributed by atoms with van der Waals surface area (Å²) in [5.74, 6) is 1.83. The van der Waals surface area contributed by atoms with Gasteiger partial charge in [-0.15, -0.1) is 0 Å². The fourth-order valence-electron chi connectivity index (χ4n) is 3.23. The number of hydrogen-bond acceptors (Lipinski definition) is 4. The summed E-state index contributed by atoms with van der Waals surface area (Å²) in [7, 11) is 1.63. The number of likely N-dealkylation sites (tertiary alicyclic amines) is 1. The zero-order valence-corrected chi connectivity index (χ0v) is 14.4. The number of aromatic hydroxyl groups is 1. The SMILES string of the molecule is COCc1ccc(C2CCCN2C(=O)NCCc2cccc(O)c2)o1. The van der Waals surface area contributed by atoms with E-state index in [9.17, 15) is 9.90 Å². The maximum Gasteiger partial charge on any atom is 0.318 e. The predicted octanol–water partition coefficient (Wildman–Crippen LogP) is 3.22. The molecule has 1 aromatic carbocycles. The van der Waals surface area contributed by atoms with Crippen LogP contribution in [0.3, 0.4) is 0 Å². The number of hydrogen-bond donors (Lipinski definition) is 2. The first-order valence-corrected chi connectivity index (χ1v) is 8.57. The lowest BCUT2D eigenvalue weighted by atomic mass is 10.1. The van der Waals surface area contributed by atoms with E-state index in [1.807, 2.05) is 23.1 Å². The molecule has 2 N–H and O–H groups in total. The van der Waals surface area contributed by atoms with Gasteiger partial charge in [0, 0.05) is 20.2 Å². The van der Waals surface area contributed by atoms with E-state index in [-0.39, 0.29) is 17.8 Å². The lowest BCUT2D eigenvalue weighted by Crippen LogP contribution is -2.40. The van der Waals surface area contributed by atoms with E-state index in [4.69, 9.17) is 9.15 Å². The minimum atomic E-state index is -0.0765. The van der Waals surface area contributed by atoms with E-state index in [2.05, 4.69) is 5.32 Å². The van der Waals surface area contributed by atoms with Crippen LogP contribution in [-0.2, 0) is 17.8 Å². The number of nitrogens with zero attached hydrogens (tertiary/aromatic N) is 1. The maximum atomic E-state index is 12.5. The highest BCUT2D eigenvalue weighted by atomic mass is 16.5. The van der Waals surface area contributed by atoms with Gasteiger partial charge in [0.25, 0.3) is 0 Å². The molecule has 1 unspecified atom stereocenters. The second-order valence-corrected chi connectivity index (χ2v) is 6.24. The quantitative estimate of drug-likeness (QED) is 0.844. The fourth-order valence-corrected chi connectivity index (χ4v) is 3.23. The summed E-state index contributed by atoms with van der Waals surface area (Å²) in [4.78, 5) is 14.3. The molecule has 2 heterocycles. The normalized spacial score (nSPS) is 17.0. The Morgan fingerprint density at radius 1 is 1.40 bits per heavy atom. The first-order valence-electron chi connectivity index (χ1n) is 8.57. The van der Waals surface area contributed by atoms with Gasteiger partial charge in [-0.1, -0.05) is 12.1 Å². The number of urea groups is 1. The van der Waals surface area contributed by atoms with E-state index in [0.717, 1.165) is 36.5 Å². The van der Waals surface area contributed by atoms with Crippen LogP contribution in [0.2, 0.25) is 0 Å². The smallest absolute Gasteiger partial charge is 0.318 e. The summed E-state index contributed by atoms with van der Waals surface area (Å²) in [6.45, 7) is 1.68. The number of nitrogens with one attached hydrogen (secondary N) is 1. The van der Waals surface area contributed by atoms with Gasteiger partial charge in [0.05, 0.1) is 6.04 Å². The standard InChI is InChI=1S/C19H24N2O4/c1-24-13-16-7-8-18(25-16)17-6-3-11-21(17)19(23)20-10-9-14-4-2-5-15(22)12-14/h2,4-5,7-8,12,17,22H,3,6,9-11,13H2,1H3,(H,20,23). The van der Waals surface area contributed by atoms with Gasteiger partial charge in [0.1, 0.15) is 23.9 Å². The van der Waals surface area contributed by atoms with Crippen molar-refractivity contribution in [3.05, 3.63) is 53.5 Å². The van der Waals surface area contributed by atoms with Crippen molar-refractivity contribution in [2.45, 2.75) is 31.9 Å². The number of furan rings is 1. The molecule has 1 aromatic heterocycles. The average Bonchev–Trinajstić information content (AvgIpc) is 3.24. The molecule has 0 spiro atoms. The molecular formula is C19H24N2O4. The number of phenolic OH excluding ortho intramolecular Hbond substituents is 1. The van der Waals surface area contributed by atoms with Crippen LogP contribution in [0.15, 0.2) is 40.8 Å². The molecule has 3 rings (SSSR count). The van der Waals surface area contributed by atoms with Gasteiger partial charge in [-0.05, 0) is 49.1 Å². The highest BCUT2D eigenvalue weighted by Crippen LogP contribution is 2.33. The highest BCUT2D eigenvalue weighted by Gasteiger charge is 2.32. The van der Waals surface area contributed by atoms with Crippen LogP contribution in [0.5, 0.6) is 5.75 Å². The van der Waals surface area contributed by atoms with E-state index in [0.29, 0.717) is 19.6 Å². The van der Waals surface area contributed by atoms with Gasteiger partial charge in [0.15, 0.2) is 0 Å². The number of ether oxygens (including phenoxy) is 1. The number of amides is 2. The third-order valence-electron chi connectivity index (χ3n) is 4.41. The van der Waals surface area contributed by atoms with Gasteiger partial charge in [-0.3, -0.25) is 0 Å². The van der Waals surface area contributed by atoms with Crippen molar-refractivity contribution in [1.82, 2.24) is 10.2 Å². The number of methoxy groups -OCH3 is 1. The topological polar surface area (TPSA) is 74.9 Å². The third-order valence-corrected chi connectivity index (χ3v) is 4.41. The maximum absolute atomic E-state index is 12.5. The Hall–Kier alpha value is -2.47. The molecule has 1 aliphatic heterocycles. The lowest BCUT2D eigenvalue weighted by molar-refractivity contribution is 0.156. The second-order valence-electron chi connectivity index (χ2n) is 6.24. The first kappa shape index (κ1) is 17.4. The molecule has 1 saturated heterocycles. The molecule has 0 saturated carbocycles. The molecule has 2 aromatic rings. The van der Waals surface area contributed by atoms with Crippen molar-refractivity contribution in [3.8, 4) is 5.75 Å². The monoisotopic (exact) mass is 344 g/mol. The lowest BCUT2D eigenvalue weighted by Gasteiger charge is -2.23. The molecule has 25 heavy (non-hydrogen) atoms. The van der Waals surface area contributed by atoms with Crippen LogP contribution in [0.1, 0.15) is 36.0 Å². The van der Waals surface area contributed by atoms with Crippen LogP contribution >= 0.6 is 0 Å². The van der Waals surface area contributed by atoms with Crippen LogP contribution in [0.25, 0.3) is 0 Å². The van der Waals surface area contributed by atoms with Crippen LogP contribution < -0.4 is 5.32 Å². The molecule has 0 aliphatic carbocycles. The number of carbonyl (C=O) groups is 1. The van der Waals surface area contributed by atoms with E-state index < -0.39 is 0 Å². The molecule has 1 aliphatic rings. The summed E-state index contributed by atoms with van der Waals surface area (Å²) < 4.78 is 10.9. The summed E-state index contributed by atoms with van der Waals surface area (Å²) in [5.41, 5.74) is 0.994. The fraction of sp³-hybridized carbons (Fsp3) is 0.421. The van der Waals surface area contributed by atoms with Gasteiger partial charge < -0.3 is 24.5 Å². The molecule has 0 bridgehead atoms. The number of benzene rings is 1. The Labute approximate surface area is 147 Å². The first-order chi connectivity index (χ1) is 12.2. The molecule has 6 nitrogen and oxygen atoms in total. The average molecular weight is 344 g/mol. The summed E-state index contributed by atoms with van der Waals surface area (Å²) in [6.07, 6.45) is 2.54. The van der Waals surface area contributed by atoms with E-state index in [1.165, 1.54) is 0 Å². The Bertz CT molecular complexity index is 713. The Balaban J connectivity index is 1.55. The molecule has 1 fully saturated rings. The van der Waals surface area contributed by atoms with Crippen molar-refractivity contribution in [2.75, 3.05) is 20.2 Å². The third kappa shape index (κ3) is 4.33. The molecule has 134 valence electrons. The highest BCUT2D eigenvalue weighted by molar-refractivity contribution is 5.75. The van der Waals surface area contributed by atoms with Crippen molar-refractivity contribution >= 4 is 6.03 Å². The van der Waals surface area contributed by atoms with Crippen molar-refractivity contribution in [2.24, 2.45) is 0 Å².